The highest BCUT2D eigenvalue weighted by molar-refractivity contribution is 5.95. The molecule has 3 N–H and O–H groups in total. The van der Waals surface area contributed by atoms with Gasteiger partial charge in [0.1, 0.15) is 0 Å². The molecular formula is C28H39N5O3. The van der Waals surface area contributed by atoms with E-state index in [-0.39, 0.29) is 30.1 Å². The van der Waals surface area contributed by atoms with E-state index < -0.39 is 12.3 Å². The largest absolute Gasteiger partial charge is 0.361 e. The fourth-order valence-corrected chi connectivity index (χ4v) is 6.20. The van der Waals surface area contributed by atoms with Gasteiger partial charge in [-0.3, -0.25) is 24.6 Å². The molecule has 194 valence electrons. The average Bonchev–Trinajstić information content (AvgIpc) is 3.31. The highest BCUT2D eigenvalue weighted by Crippen LogP contribution is 2.30. The van der Waals surface area contributed by atoms with Crippen molar-refractivity contribution >= 4 is 28.5 Å². The predicted molar refractivity (Wildman–Crippen MR) is 139 cm³/mol. The minimum Gasteiger partial charge on any atom is -0.361 e. The molecule has 3 fully saturated rings. The van der Waals surface area contributed by atoms with Crippen LogP contribution >= 0.6 is 0 Å². The summed E-state index contributed by atoms with van der Waals surface area (Å²) in [7, 11) is 0. The summed E-state index contributed by atoms with van der Waals surface area (Å²) in [6, 6.07) is 7.36. The van der Waals surface area contributed by atoms with E-state index in [9.17, 15) is 14.4 Å². The predicted octanol–water partition coefficient (Wildman–Crippen LogP) is 2.93. The number of para-hydroxylation sites is 1. The minimum absolute atomic E-state index is 0.0250. The van der Waals surface area contributed by atoms with Crippen molar-refractivity contribution < 1.29 is 14.4 Å². The van der Waals surface area contributed by atoms with Crippen LogP contribution in [0.2, 0.25) is 0 Å². The molecule has 3 atom stereocenters. The number of ketones is 1. The van der Waals surface area contributed by atoms with E-state index in [1.54, 1.807) is 4.90 Å². The van der Waals surface area contributed by atoms with Gasteiger partial charge in [-0.05, 0) is 62.7 Å². The van der Waals surface area contributed by atoms with E-state index in [1.807, 2.05) is 29.3 Å². The fourth-order valence-electron chi connectivity index (χ4n) is 6.20. The van der Waals surface area contributed by atoms with E-state index in [0.717, 1.165) is 61.7 Å². The monoisotopic (exact) mass is 493 g/mol. The van der Waals surface area contributed by atoms with Crippen molar-refractivity contribution in [1.82, 2.24) is 25.4 Å². The number of Topliss-reactive ketones (excluding diaryl/α,β-unsaturated/α-hetero) is 1. The van der Waals surface area contributed by atoms with Crippen molar-refractivity contribution in [2.75, 3.05) is 19.6 Å². The van der Waals surface area contributed by atoms with Crippen LogP contribution in [-0.4, -0.2) is 70.4 Å². The molecule has 3 aliphatic heterocycles. The number of hydrogen-bond donors (Lipinski definition) is 3. The molecule has 1 aromatic heterocycles. The number of hydrogen-bond acceptors (Lipinski definition) is 5. The third kappa shape index (κ3) is 5.06. The molecule has 0 radical (unpaired) electrons. The van der Waals surface area contributed by atoms with Gasteiger partial charge in [-0.2, -0.15) is 0 Å². The maximum Gasteiger partial charge on any atom is 0.227 e. The molecule has 0 spiro atoms. The van der Waals surface area contributed by atoms with Gasteiger partial charge in [0, 0.05) is 36.5 Å². The molecule has 4 heterocycles. The lowest BCUT2D eigenvalue weighted by Crippen LogP contribution is -2.74. The number of amides is 2. The first-order valence-electron chi connectivity index (χ1n) is 13.7. The Hall–Kier alpha value is -2.71. The molecule has 5 rings (SSSR count). The van der Waals surface area contributed by atoms with E-state index >= 15 is 0 Å². The van der Waals surface area contributed by atoms with Crippen LogP contribution in [0.5, 0.6) is 0 Å². The maximum atomic E-state index is 13.6. The molecule has 8 heteroatoms. The number of H-pyrrole nitrogens is 1. The van der Waals surface area contributed by atoms with Gasteiger partial charge in [0.05, 0.1) is 12.1 Å². The van der Waals surface area contributed by atoms with Crippen molar-refractivity contribution in [2.24, 2.45) is 5.92 Å². The lowest BCUT2D eigenvalue weighted by Gasteiger charge is -2.52. The number of benzene rings is 1. The third-order valence-corrected chi connectivity index (χ3v) is 8.23. The van der Waals surface area contributed by atoms with Crippen molar-refractivity contribution in [3.63, 3.8) is 0 Å². The Balaban J connectivity index is 1.33. The lowest BCUT2D eigenvalue weighted by atomic mass is 9.85. The Kier molecular flexibility index (Phi) is 7.72. The van der Waals surface area contributed by atoms with Gasteiger partial charge in [0.25, 0.3) is 0 Å². The smallest absolute Gasteiger partial charge is 0.227 e. The number of unbranched alkanes of at least 4 members (excludes halogenated alkanes) is 1. The van der Waals surface area contributed by atoms with Crippen molar-refractivity contribution in [3.05, 3.63) is 36.0 Å². The second-order valence-corrected chi connectivity index (χ2v) is 10.6. The number of rotatable bonds is 8. The first-order chi connectivity index (χ1) is 17.6. The van der Waals surface area contributed by atoms with Crippen LogP contribution in [0.4, 0.5) is 0 Å². The van der Waals surface area contributed by atoms with Crippen LogP contribution in [0.25, 0.3) is 10.9 Å². The second-order valence-electron chi connectivity index (χ2n) is 10.6. The fraction of sp³-hybridized carbons (Fsp3) is 0.607. The van der Waals surface area contributed by atoms with Gasteiger partial charge in [-0.25, -0.2) is 0 Å². The Morgan fingerprint density at radius 1 is 1.14 bits per heavy atom. The summed E-state index contributed by atoms with van der Waals surface area (Å²) in [4.78, 5) is 47.0. The zero-order chi connectivity index (χ0) is 25.1. The topological polar surface area (TPSA) is 97.5 Å². The van der Waals surface area contributed by atoms with E-state index in [1.165, 1.54) is 0 Å². The summed E-state index contributed by atoms with van der Waals surface area (Å²) in [5.74, 6) is 0.610. The van der Waals surface area contributed by atoms with Gasteiger partial charge < -0.3 is 15.2 Å². The number of fused-ring (bicyclic) bond motifs is 2. The second kappa shape index (κ2) is 11.1. The number of aromatic nitrogens is 1. The molecule has 8 nitrogen and oxygen atoms in total. The molecule has 3 unspecified atom stereocenters. The molecule has 2 aromatic rings. The highest BCUT2D eigenvalue weighted by Gasteiger charge is 2.49. The Bertz CT molecular complexity index is 1090. The maximum absolute atomic E-state index is 13.6. The number of carbonyl (C=O) groups is 3. The molecule has 3 aliphatic rings. The summed E-state index contributed by atoms with van der Waals surface area (Å²) in [5.41, 5.74) is 2.20. The van der Waals surface area contributed by atoms with Crippen LogP contribution < -0.4 is 10.6 Å². The van der Waals surface area contributed by atoms with Crippen LogP contribution in [0.1, 0.15) is 63.9 Å². The Labute approximate surface area is 213 Å². The van der Waals surface area contributed by atoms with Crippen LogP contribution in [0.15, 0.2) is 30.5 Å². The number of nitrogens with zero attached hydrogens (tertiary/aromatic N) is 2. The molecule has 2 amide bonds. The SMILES string of the molecule is CCCCC1C(=O)C(CC2CCNCC2)NC2N(C(=O)CCc3c[nH]c4ccccc34)CCC(=O)N12. The van der Waals surface area contributed by atoms with Crippen molar-refractivity contribution in [1.29, 1.82) is 0 Å². The van der Waals surface area contributed by atoms with Crippen molar-refractivity contribution in [3.8, 4) is 0 Å². The highest BCUT2D eigenvalue weighted by atomic mass is 16.2. The normalized spacial score (nSPS) is 25.4. The minimum atomic E-state index is -0.534. The molecular weight excluding hydrogens is 454 g/mol. The Morgan fingerprint density at radius 3 is 2.75 bits per heavy atom. The molecule has 3 saturated heterocycles. The summed E-state index contributed by atoms with van der Waals surface area (Å²) in [6.45, 7) is 4.47. The molecule has 0 bridgehead atoms. The van der Waals surface area contributed by atoms with Crippen LogP contribution in [0.3, 0.4) is 0 Å². The van der Waals surface area contributed by atoms with E-state index in [0.29, 0.717) is 31.7 Å². The van der Waals surface area contributed by atoms with Gasteiger partial charge in [-0.15, -0.1) is 0 Å². The number of carbonyl (C=O) groups excluding carboxylic acids is 3. The van der Waals surface area contributed by atoms with Gasteiger partial charge in [0.15, 0.2) is 12.1 Å². The lowest BCUT2D eigenvalue weighted by molar-refractivity contribution is -0.171. The first-order valence-corrected chi connectivity index (χ1v) is 13.7. The summed E-state index contributed by atoms with van der Waals surface area (Å²) < 4.78 is 0. The van der Waals surface area contributed by atoms with Gasteiger partial charge >= 0.3 is 0 Å². The summed E-state index contributed by atoms with van der Waals surface area (Å²) in [6.07, 6.45) is 8.15. The zero-order valence-corrected chi connectivity index (χ0v) is 21.3. The van der Waals surface area contributed by atoms with E-state index in [2.05, 4.69) is 28.6 Å². The standard InChI is InChI=1S/C28H39N5O3/c1-2-3-8-24-27(36)23(17-19-11-14-29-15-12-19)31-28-32(16-13-26(35)33(24)28)25(34)10-9-20-18-30-22-7-5-4-6-21(20)22/h4-7,18-19,23-24,28-31H,2-3,8-17H2,1H3. The van der Waals surface area contributed by atoms with Gasteiger partial charge in [0.2, 0.25) is 11.8 Å². The quantitative estimate of drug-likeness (QED) is 0.525. The molecule has 1 aromatic carbocycles. The molecule has 0 aliphatic carbocycles. The third-order valence-electron chi connectivity index (χ3n) is 8.23. The van der Waals surface area contributed by atoms with Crippen LogP contribution in [0, 0.1) is 5.92 Å². The summed E-state index contributed by atoms with van der Waals surface area (Å²) >= 11 is 0. The molecule has 0 saturated carbocycles. The first kappa shape index (κ1) is 25.0. The zero-order valence-electron chi connectivity index (χ0n) is 21.3. The van der Waals surface area contributed by atoms with Crippen molar-refractivity contribution in [2.45, 2.75) is 83.1 Å². The van der Waals surface area contributed by atoms with E-state index in [4.69, 9.17) is 0 Å². The number of nitrogens with one attached hydrogen (secondary N) is 3. The average molecular weight is 494 g/mol. The number of piperidine rings is 1. The summed E-state index contributed by atoms with van der Waals surface area (Å²) in [5, 5.41) is 8.02. The molecule has 36 heavy (non-hydrogen) atoms. The number of aryl methyl sites for hydroxylation is 1. The van der Waals surface area contributed by atoms with Crippen LogP contribution in [-0.2, 0) is 20.8 Å². The van der Waals surface area contributed by atoms with Gasteiger partial charge in [-0.1, -0.05) is 38.0 Å². The number of aromatic amines is 1. The Morgan fingerprint density at radius 2 is 1.94 bits per heavy atom.